The molecule has 0 unspecified atom stereocenters. The maximum atomic E-state index is 12.9. The van der Waals surface area contributed by atoms with E-state index in [2.05, 4.69) is 20.7 Å². The number of anilines is 1. The lowest BCUT2D eigenvalue weighted by molar-refractivity contribution is -0.389. The maximum absolute atomic E-state index is 12.9. The molecule has 0 bridgehead atoms. The van der Waals surface area contributed by atoms with Crippen molar-refractivity contribution in [2.45, 2.75) is 26.9 Å². The van der Waals surface area contributed by atoms with Crippen molar-refractivity contribution in [3.63, 3.8) is 0 Å². The first-order valence-electron chi connectivity index (χ1n) is 9.75. The molecule has 0 fully saturated rings. The van der Waals surface area contributed by atoms with Crippen LogP contribution in [-0.4, -0.2) is 35.5 Å². The van der Waals surface area contributed by atoms with Crippen molar-refractivity contribution < 1.29 is 14.2 Å². The molecule has 0 atom stereocenters. The van der Waals surface area contributed by atoms with Gasteiger partial charge in [0.25, 0.3) is 5.91 Å². The van der Waals surface area contributed by atoms with E-state index >= 15 is 0 Å². The van der Waals surface area contributed by atoms with Crippen LogP contribution in [0.15, 0.2) is 35.0 Å². The standard InChI is InChI=1S/C20H16Cl3N7O4/c1-10-6-17(30(32)33)25-29(10)8-12-11(2)34-27-18(12)20(31)24-19-16(23)9-28(26-19)7-13-14(21)4-3-5-15(13)22/h3-6,9H,7-8H2,1-2H3,(H,24,26,31). The van der Waals surface area contributed by atoms with Gasteiger partial charge in [-0.1, -0.05) is 46.0 Å². The minimum Gasteiger partial charge on any atom is -0.361 e. The largest absolute Gasteiger partial charge is 0.390 e. The minimum atomic E-state index is -0.617. The van der Waals surface area contributed by atoms with Gasteiger partial charge in [0.1, 0.15) is 10.8 Å². The number of amides is 1. The molecule has 4 rings (SSSR count). The van der Waals surface area contributed by atoms with Crippen molar-refractivity contribution in [2.75, 3.05) is 5.32 Å². The first-order chi connectivity index (χ1) is 16.1. The summed E-state index contributed by atoms with van der Waals surface area (Å²) in [5.41, 5.74) is 1.59. The first kappa shape index (κ1) is 23.7. The normalized spacial score (nSPS) is 11.1. The molecule has 0 spiro atoms. The molecular formula is C20H16Cl3N7O4. The zero-order chi connectivity index (χ0) is 24.6. The Balaban J connectivity index is 1.55. The Bertz CT molecular complexity index is 1390. The van der Waals surface area contributed by atoms with Gasteiger partial charge in [-0.25, -0.2) is 0 Å². The molecule has 1 amide bonds. The third-order valence-corrected chi connectivity index (χ3v) is 5.98. The fraction of sp³-hybridized carbons (Fsp3) is 0.200. The average molecular weight is 525 g/mol. The first-order valence-corrected chi connectivity index (χ1v) is 10.9. The number of hydrogen-bond acceptors (Lipinski definition) is 7. The second kappa shape index (κ2) is 9.45. The van der Waals surface area contributed by atoms with Gasteiger partial charge in [0, 0.05) is 21.8 Å². The SMILES string of the molecule is Cc1onc(C(=O)Nc2nn(Cc3c(Cl)cccc3Cl)cc2Cl)c1Cn1nc([N+](=O)[O-])cc1C. The molecule has 1 N–H and O–H groups in total. The number of aromatic nitrogens is 5. The summed E-state index contributed by atoms with van der Waals surface area (Å²) in [6.45, 7) is 3.58. The highest BCUT2D eigenvalue weighted by atomic mass is 35.5. The molecule has 0 aliphatic heterocycles. The van der Waals surface area contributed by atoms with Crippen LogP contribution in [0.2, 0.25) is 15.1 Å². The highest BCUT2D eigenvalue weighted by molar-refractivity contribution is 6.36. The van der Waals surface area contributed by atoms with Crippen LogP contribution in [0, 0.1) is 24.0 Å². The number of carbonyl (C=O) groups is 1. The van der Waals surface area contributed by atoms with Crippen LogP contribution in [-0.2, 0) is 13.1 Å². The Labute approximate surface area is 207 Å². The zero-order valence-electron chi connectivity index (χ0n) is 17.8. The van der Waals surface area contributed by atoms with Gasteiger partial charge in [-0.15, -0.1) is 0 Å². The second-order valence-corrected chi connectivity index (χ2v) is 8.52. The number of nitrogens with one attached hydrogen (secondary N) is 1. The fourth-order valence-corrected chi connectivity index (χ4v) is 3.94. The summed E-state index contributed by atoms with van der Waals surface area (Å²) in [5.74, 6) is -0.442. The van der Waals surface area contributed by atoms with Gasteiger partial charge in [-0.3, -0.25) is 9.48 Å². The molecule has 0 radical (unpaired) electrons. The predicted octanol–water partition coefficient (Wildman–Crippen LogP) is 4.90. The number of aryl methyl sites for hydroxylation is 2. The lowest BCUT2D eigenvalue weighted by Gasteiger charge is -2.07. The summed E-state index contributed by atoms with van der Waals surface area (Å²) in [5, 5.41) is 26.8. The summed E-state index contributed by atoms with van der Waals surface area (Å²) < 4.78 is 8.07. The van der Waals surface area contributed by atoms with E-state index in [0.717, 1.165) is 0 Å². The third-order valence-electron chi connectivity index (χ3n) is 4.99. The average Bonchev–Trinajstić information content (AvgIpc) is 3.43. The lowest BCUT2D eigenvalue weighted by Crippen LogP contribution is -2.17. The highest BCUT2D eigenvalue weighted by Gasteiger charge is 2.25. The number of carbonyl (C=O) groups excluding carboxylic acids is 1. The van der Waals surface area contributed by atoms with Gasteiger partial charge >= 0.3 is 5.82 Å². The molecule has 0 saturated carbocycles. The van der Waals surface area contributed by atoms with Gasteiger partial charge in [-0.2, -0.15) is 9.78 Å². The Hall–Kier alpha value is -3.41. The van der Waals surface area contributed by atoms with E-state index in [1.807, 2.05) is 0 Å². The number of hydrogen-bond donors (Lipinski definition) is 1. The number of nitro groups is 1. The van der Waals surface area contributed by atoms with E-state index in [1.54, 1.807) is 32.0 Å². The summed E-state index contributed by atoms with van der Waals surface area (Å²) in [4.78, 5) is 23.4. The van der Waals surface area contributed by atoms with Crippen LogP contribution < -0.4 is 5.32 Å². The summed E-state index contributed by atoms with van der Waals surface area (Å²) in [6, 6.07) is 6.48. The van der Waals surface area contributed by atoms with Gasteiger partial charge < -0.3 is 20.0 Å². The second-order valence-electron chi connectivity index (χ2n) is 7.30. The van der Waals surface area contributed by atoms with Crippen molar-refractivity contribution in [1.82, 2.24) is 24.7 Å². The quantitative estimate of drug-likeness (QED) is 0.268. The van der Waals surface area contributed by atoms with Crippen LogP contribution in [0.3, 0.4) is 0 Å². The van der Waals surface area contributed by atoms with Crippen LogP contribution >= 0.6 is 34.8 Å². The van der Waals surface area contributed by atoms with Crippen molar-refractivity contribution in [1.29, 1.82) is 0 Å². The van der Waals surface area contributed by atoms with E-state index < -0.39 is 10.8 Å². The molecule has 1 aromatic carbocycles. The molecule has 14 heteroatoms. The van der Waals surface area contributed by atoms with Crippen molar-refractivity contribution in [3.05, 3.63) is 83.9 Å². The predicted molar refractivity (Wildman–Crippen MR) is 125 cm³/mol. The lowest BCUT2D eigenvalue weighted by atomic mass is 10.2. The van der Waals surface area contributed by atoms with Crippen molar-refractivity contribution >= 4 is 52.3 Å². The van der Waals surface area contributed by atoms with Crippen LogP contribution in [0.5, 0.6) is 0 Å². The fourth-order valence-electron chi connectivity index (χ4n) is 3.22. The van der Waals surface area contributed by atoms with Crippen molar-refractivity contribution in [2.24, 2.45) is 0 Å². The Morgan fingerprint density at radius 2 is 1.82 bits per heavy atom. The number of rotatable bonds is 7. The summed E-state index contributed by atoms with van der Waals surface area (Å²) in [6.07, 6.45) is 1.53. The molecule has 3 heterocycles. The molecule has 0 aliphatic rings. The third kappa shape index (κ3) is 4.76. The summed E-state index contributed by atoms with van der Waals surface area (Å²) >= 11 is 18.7. The molecular weight excluding hydrogens is 509 g/mol. The molecule has 176 valence electrons. The number of nitrogens with zero attached hydrogens (tertiary/aromatic N) is 6. The van der Waals surface area contributed by atoms with E-state index in [9.17, 15) is 14.9 Å². The topological polar surface area (TPSA) is 134 Å². The monoisotopic (exact) mass is 523 g/mol. The van der Waals surface area contributed by atoms with E-state index in [4.69, 9.17) is 39.3 Å². The molecule has 11 nitrogen and oxygen atoms in total. The molecule has 0 saturated heterocycles. The Morgan fingerprint density at radius 3 is 2.47 bits per heavy atom. The van der Waals surface area contributed by atoms with Gasteiger partial charge in [0.2, 0.25) is 0 Å². The minimum absolute atomic E-state index is 0.0187. The smallest absolute Gasteiger partial charge is 0.361 e. The number of benzene rings is 1. The maximum Gasteiger partial charge on any atom is 0.390 e. The number of halogens is 3. The van der Waals surface area contributed by atoms with Crippen LogP contribution in [0.4, 0.5) is 11.6 Å². The Kier molecular flexibility index (Phi) is 6.60. The van der Waals surface area contributed by atoms with Crippen molar-refractivity contribution in [3.8, 4) is 0 Å². The molecule has 3 aromatic heterocycles. The van der Waals surface area contributed by atoms with Gasteiger partial charge in [0.15, 0.2) is 11.5 Å². The molecule has 34 heavy (non-hydrogen) atoms. The molecule has 4 aromatic rings. The van der Waals surface area contributed by atoms with E-state index in [1.165, 1.54) is 21.6 Å². The summed E-state index contributed by atoms with van der Waals surface area (Å²) in [7, 11) is 0. The van der Waals surface area contributed by atoms with Crippen LogP contribution in [0.1, 0.15) is 33.1 Å². The molecule has 0 aliphatic carbocycles. The zero-order valence-corrected chi connectivity index (χ0v) is 20.0. The Morgan fingerprint density at radius 1 is 1.12 bits per heavy atom. The van der Waals surface area contributed by atoms with Gasteiger partial charge in [-0.05, 0) is 30.9 Å². The highest BCUT2D eigenvalue weighted by Crippen LogP contribution is 2.27. The van der Waals surface area contributed by atoms with E-state index in [0.29, 0.717) is 32.6 Å². The van der Waals surface area contributed by atoms with Gasteiger partial charge in [0.05, 0.1) is 35.5 Å². The van der Waals surface area contributed by atoms with Crippen LogP contribution in [0.25, 0.3) is 0 Å². The van der Waals surface area contributed by atoms with E-state index in [-0.39, 0.29) is 35.4 Å².